The van der Waals surface area contributed by atoms with Crippen molar-refractivity contribution in [1.82, 2.24) is 0 Å². The van der Waals surface area contributed by atoms with Crippen molar-refractivity contribution in [2.45, 2.75) is 25.9 Å². The maximum absolute atomic E-state index is 13.1. The Morgan fingerprint density at radius 3 is 2.31 bits per heavy atom. The Kier molecular flexibility index (Phi) is 4.72. The summed E-state index contributed by atoms with van der Waals surface area (Å²) in [5.74, 6) is 0.0734. The summed E-state index contributed by atoms with van der Waals surface area (Å²) in [6.45, 7) is 3.53. The van der Waals surface area contributed by atoms with Crippen molar-refractivity contribution in [1.29, 1.82) is 0 Å². The van der Waals surface area contributed by atoms with E-state index in [1.807, 2.05) is 30.3 Å². The number of benzene rings is 2. The van der Waals surface area contributed by atoms with Gasteiger partial charge >= 0.3 is 6.18 Å². The third kappa shape index (κ3) is 3.72. The van der Waals surface area contributed by atoms with Gasteiger partial charge in [-0.15, -0.1) is 0 Å². The summed E-state index contributed by atoms with van der Waals surface area (Å²) in [7, 11) is 0. The zero-order valence-electron chi connectivity index (χ0n) is 14.3. The van der Waals surface area contributed by atoms with Crippen LogP contribution in [-0.2, 0) is 6.18 Å². The fourth-order valence-electron chi connectivity index (χ4n) is 2.72. The van der Waals surface area contributed by atoms with Gasteiger partial charge in [0, 0.05) is 6.07 Å². The van der Waals surface area contributed by atoms with Crippen molar-refractivity contribution in [3.63, 3.8) is 0 Å². The van der Waals surface area contributed by atoms with Crippen LogP contribution in [0.15, 0.2) is 57.7 Å². The van der Waals surface area contributed by atoms with Crippen molar-refractivity contribution >= 4 is 23.1 Å². The lowest BCUT2D eigenvalue weighted by molar-refractivity contribution is -0.137. The molecule has 3 rings (SSSR count). The highest BCUT2D eigenvalue weighted by atomic mass is 19.4. The van der Waals surface area contributed by atoms with Crippen LogP contribution in [0.5, 0.6) is 0 Å². The summed E-state index contributed by atoms with van der Waals surface area (Å²) >= 11 is 0. The first-order chi connectivity index (χ1) is 12.3. The molecule has 1 aromatic heterocycles. The molecule has 0 unspecified atom stereocenters. The van der Waals surface area contributed by atoms with Crippen LogP contribution in [0.25, 0.3) is 23.1 Å². The van der Waals surface area contributed by atoms with Gasteiger partial charge in [0.1, 0.15) is 11.3 Å². The van der Waals surface area contributed by atoms with Gasteiger partial charge in [-0.25, -0.2) is 0 Å². The number of fused-ring (bicyclic) bond motifs is 1. The minimum atomic E-state index is -4.52. The van der Waals surface area contributed by atoms with Crippen molar-refractivity contribution in [2.24, 2.45) is 0 Å². The summed E-state index contributed by atoms with van der Waals surface area (Å²) < 4.78 is 45.2. The Hall–Kier alpha value is -2.82. The Balaban J connectivity index is 2.17. The number of alkyl halides is 3. The van der Waals surface area contributed by atoms with Gasteiger partial charge in [0.05, 0.1) is 10.9 Å². The molecule has 26 heavy (non-hydrogen) atoms. The van der Waals surface area contributed by atoms with Crippen LogP contribution < -0.4 is 5.43 Å². The molecule has 2 aromatic carbocycles. The quantitative estimate of drug-likeness (QED) is 0.566. The van der Waals surface area contributed by atoms with Crippen LogP contribution in [0, 0.1) is 0 Å². The predicted octanol–water partition coefficient (Wildman–Crippen LogP) is 6.11. The molecule has 0 radical (unpaired) electrons. The van der Waals surface area contributed by atoms with E-state index < -0.39 is 17.2 Å². The van der Waals surface area contributed by atoms with Gasteiger partial charge in [-0.3, -0.25) is 4.79 Å². The first-order valence-electron chi connectivity index (χ1n) is 8.18. The molecule has 3 aromatic rings. The average Bonchev–Trinajstić information content (AvgIpc) is 2.59. The highest BCUT2D eigenvalue weighted by Crippen LogP contribution is 2.35. The Morgan fingerprint density at radius 2 is 1.69 bits per heavy atom. The van der Waals surface area contributed by atoms with Crippen molar-refractivity contribution in [3.8, 4) is 0 Å². The van der Waals surface area contributed by atoms with E-state index in [1.165, 1.54) is 6.07 Å². The monoisotopic (exact) mass is 358 g/mol. The molecular formula is C21H17F3O2. The van der Waals surface area contributed by atoms with E-state index in [2.05, 4.69) is 0 Å². The molecule has 0 bridgehead atoms. The predicted molar refractivity (Wildman–Crippen MR) is 96.9 cm³/mol. The second-order valence-electron chi connectivity index (χ2n) is 6.35. The molecule has 0 aliphatic carbocycles. The average molecular weight is 358 g/mol. The zero-order chi connectivity index (χ0) is 18.9. The zero-order valence-corrected chi connectivity index (χ0v) is 14.3. The van der Waals surface area contributed by atoms with E-state index in [0.717, 1.165) is 17.7 Å². The minimum absolute atomic E-state index is 0.0552. The Bertz CT molecular complexity index is 1010. The van der Waals surface area contributed by atoms with Crippen LogP contribution in [-0.4, -0.2) is 0 Å². The maximum atomic E-state index is 13.1. The summed E-state index contributed by atoms with van der Waals surface area (Å²) in [4.78, 5) is 12.4. The van der Waals surface area contributed by atoms with Crippen LogP contribution >= 0.6 is 0 Å². The molecule has 134 valence electrons. The first kappa shape index (κ1) is 18.0. The largest absolute Gasteiger partial charge is 0.456 e. The van der Waals surface area contributed by atoms with Crippen LogP contribution in [0.2, 0.25) is 0 Å². The first-order valence-corrected chi connectivity index (χ1v) is 8.18. The normalized spacial score (nSPS) is 12.4. The van der Waals surface area contributed by atoms with Crippen molar-refractivity contribution < 1.29 is 17.6 Å². The molecule has 0 spiro atoms. The lowest BCUT2D eigenvalue weighted by Gasteiger charge is -2.14. The highest BCUT2D eigenvalue weighted by molar-refractivity contribution is 5.82. The lowest BCUT2D eigenvalue weighted by Crippen LogP contribution is -2.10. The van der Waals surface area contributed by atoms with Crippen molar-refractivity contribution in [3.05, 3.63) is 81.2 Å². The maximum Gasteiger partial charge on any atom is 0.416 e. The molecule has 0 N–H and O–H groups in total. The fourth-order valence-corrected chi connectivity index (χ4v) is 2.72. The van der Waals surface area contributed by atoms with E-state index in [4.69, 9.17) is 4.42 Å². The standard InChI is InChI=1S/C21H17F3O2/c1-13(2)17-10-15(21(22,23)24)11-18-19(25)12-16(26-20(17)18)9-8-14-6-4-3-5-7-14/h3-13H,1-2H3. The van der Waals surface area contributed by atoms with Gasteiger partial charge < -0.3 is 4.42 Å². The summed E-state index contributed by atoms with van der Waals surface area (Å²) in [5, 5.41) is -0.0552. The number of halogens is 3. The van der Waals surface area contributed by atoms with Gasteiger partial charge in [-0.2, -0.15) is 13.2 Å². The van der Waals surface area contributed by atoms with Gasteiger partial charge in [-0.1, -0.05) is 50.3 Å². The SMILES string of the molecule is CC(C)c1cc(C(F)(F)F)cc2c(=O)cc(C=Cc3ccccc3)oc12. The van der Waals surface area contributed by atoms with E-state index in [-0.39, 0.29) is 16.9 Å². The molecular weight excluding hydrogens is 341 g/mol. The minimum Gasteiger partial charge on any atom is -0.456 e. The van der Waals surface area contributed by atoms with Crippen LogP contribution in [0.4, 0.5) is 13.2 Å². The number of rotatable bonds is 3. The molecule has 0 aliphatic rings. The lowest BCUT2D eigenvalue weighted by atomic mass is 9.97. The van der Waals surface area contributed by atoms with Crippen molar-refractivity contribution in [2.75, 3.05) is 0 Å². The van der Waals surface area contributed by atoms with Gasteiger partial charge in [-0.05, 0) is 35.3 Å². The van der Waals surface area contributed by atoms with Gasteiger partial charge in [0.15, 0.2) is 5.43 Å². The number of hydrogen-bond acceptors (Lipinski definition) is 2. The third-order valence-electron chi connectivity index (χ3n) is 4.07. The summed E-state index contributed by atoms with van der Waals surface area (Å²) in [5.41, 5.74) is 0.155. The molecule has 0 amide bonds. The fraction of sp³-hybridized carbons (Fsp3) is 0.190. The molecule has 0 saturated carbocycles. The topological polar surface area (TPSA) is 30.2 Å². The Labute approximate surface area is 148 Å². The molecule has 0 saturated heterocycles. The number of hydrogen-bond donors (Lipinski definition) is 0. The Morgan fingerprint density at radius 1 is 1.00 bits per heavy atom. The van der Waals surface area contributed by atoms with E-state index in [1.54, 1.807) is 26.0 Å². The molecule has 5 heteroatoms. The third-order valence-corrected chi connectivity index (χ3v) is 4.07. The van der Waals surface area contributed by atoms with Crippen LogP contribution in [0.3, 0.4) is 0 Å². The molecule has 0 aliphatic heterocycles. The second kappa shape index (κ2) is 6.83. The molecule has 0 fully saturated rings. The smallest absolute Gasteiger partial charge is 0.416 e. The van der Waals surface area contributed by atoms with E-state index in [0.29, 0.717) is 11.3 Å². The summed E-state index contributed by atoms with van der Waals surface area (Å²) in [6, 6.07) is 12.6. The highest BCUT2D eigenvalue weighted by Gasteiger charge is 2.32. The van der Waals surface area contributed by atoms with E-state index in [9.17, 15) is 18.0 Å². The molecule has 0 atom stereocenters. The van der Waals surface area contributed by atoms with E-state index >= 15 is 0 Å². The molecule has 1 heterocycles. The van der Waals surface area contributed by atoms with Crippen LogP contribution in [0.1, 0.15) is 42.2 Å². The van der Waals surface area contributed by atoms with Gasteiger partial charge in [0.2, 0.25) is 0 Å². The molecule has 2 nitrogen and oxygen atoms in total. The van der Waals surface area contributed by atoms with Gasteiger partial charge in [0.25, 0.3) is 0 Å². The second-order valence-corrected chi connectivity index (χ2v) is 6.35. The summed E-state index contributed by atoms with van der Waals surface area (Å²) in [6.07, 6.45) is -1.10.